The Morgan fingerprint density at radius 3 is 2.24 bits per heavy atom. The second-order valence-corrected chi connectivity index (χ2v) is 8.45. The van der Waals surface area contributed by atoms with Crippen molar-refractivity contribution < 1.29 is 9.59 Å². The van der Waals surface area contributed by atoms with E-state index in [4.69, 9.17) is 4.99 Å². The fraction of sp³-hybridized carbons (Fsp3) is 0.222. The van der Waals surface area contributed by atoms with Crippen LogP contribution in [0.4, 0.5) is 4.79 Å². The molecule has 2 heterocycles. The van der Waals surface area contributed by atoms with Crippen LogP contribution in [0, 0.1) is 6.92 Å². The third-order valence-electron chi connectivity index (χ3n) is 6.17. The highest BCUT2D eigenvalue weighted by Gasteiger charge is 2.44. The third-order valence-corrected chi connectivity index (χ3v) is 6.17. The molecule has 0 aromatic heterocycles. The molecular weight excluding hydrogens is 412 g/mol. The first-order chi connectivity index (χ1) is 16.1. The summed E-state index contributed by atoms with van der Waals surface area (Å²) in [6.45, 7) is 3.03. The second-order valence-electron chi connectivity index (χ2n) is 8.45. The van der Waals surface area contributed by atoms with Crippen molar-refractivity contribution in [2.45, 2.75) is 19.0 Å². The van der Waals surface area contributed by atoms with Crippen LogP contribution in [0.25, 0.3) is 0 Å². The summed E-state index contributed by atoms with van der Waals surface area (Å²) in [6.07, 6.45) is 0. The van der Waals surface area contributed by atoms with E-state index in [1.54, 1.807) is 9.80 Å². The van der Waals surface area contributed by atoms with Gasteiger partial charge in [-0.2, -0.15) is 0 Å². The SMILES string of the molecule is Cc1ccc(C2N=C(c3ccccc3)N(C(=O)N3CCNC(=O)C3)C2c2ccccc2)cc1. The Hall–Kier alpha value is -3.93. The number of piperazine rings is 1. The number of aliphatic imine (C=N–C) groups is 1. The summed E-state index contributed by atoms with van der Waals surface area (Å²) >= 11 is 0. The van der Waals surface area contributed by atoms with Gasteiger partial charge in [0, 0.05) is 18.7 Å². The average Bonchev–Trinajstić information content (AvgIpc) is 3.26. The number of rotatable bonds is 3. The standard InChI is InChI=1S/C27H26N4O2/c1-19-12-14-20(15-13-19)24-25(21-8-4-2-5-9-21)31(26(29-24)22-10-6-3-7-11-22)27(33)30-17-16-28-23(32)18-30/h2-15,24-25H,16-18H2,1H3,(H,28,32). The van der Waals surface area contributed by atoms with Crippen LogP contribution in [-0.4, -0.2) is 47.2 Å². The molecule has 3 aromatic carbocycles. The molecule has 0 saturated carbocycles. The van der Waals surface area contributed by atoms with Gasteiger partial charge in [-0.05, 0) is 18.1 Å². The van der Waals surface area contributed by atoms with Crippen molar-refractivity contribution in [1.29, 1.82) is 0 Å². The van der Waals surface area contributed by atoms with E-state index in [2.05, 4.69) is 36.5 Å². The van der Waals surface area contributed by atoms with Crippen LogP contribution in [0.2, 0.25) is 0 Å². The van der Waals surface area contributed by atoms with E-state index in [-0.39, 0.29) is 30.6 Å². The van der Waals surface area contributed by atoms with E-state index >= 15 is 0 Å². The van der Waals surface area contributed by atoms with Gasteiger partial charge in [0.2, 0.25) is 5.91 Å². The summed E-state index contributed by atoms with van der Waals surface area (Å²) in [4.78, 5) is 34.5. The van der Waals surface area contributed by atoms with Gasteiger partial charge in [0.1, 0.15) is 18.4 Å². The van der Waals surface area contributed by atoms with Gasteiger partial charge in [-0.25, -0.2) is 4.79 Å². The normalized spacial score (nSPS) is 20.4. The first-order valence-corrected chi connectivity index (χ1v) is 11.2. The molecule has 3 amide bonds. The molecule has 2 unspecified atom stereocenters. The van der Waals surface area contributed by atoms with Crippen LogP contribution < -0.4 is 5.32 Å². The number of amides is 3. The lowest BCUT2D eigenvalue weighted by atomic mass is 9.93. The molecule has 0 aliphatic carbocycles. The number of urea groups is 1. The van der Waals surface area contributed by atoms with Crippen molar-refractivity contribution in [3.8, 4) is 0 Å². The fourth-order valence-electron chi connectivity index (χ4n) is 4.50. The number of nitrogens with zero attached hydrogens (tertiary/aromatic N) is 3. The van der Waals surface area contributed by atoms with Crippen molar-refractivity contribution in [3.05, 3.63) is 107 Å². The molecule has 0 spiro atoms. The summed E-state index contributed by atoms with van der Waals surface area (Å²) in [5.41, 5.74) is 4.11. The number of hydrogen-bond donors (Lipinski definition) is 1. The van der Waals surface area contributed by atoms with E-state index in [0.29, 0.717) is 18.9 Å². The molecule has 1 N–H and O–H groups in total. The monoisotopic (exact) mass is 438 g/mol. The molecular formula is C27H26N4O2. The summed E-state index contributed by atoms with van der Waals surface area (Å²) in [5.74, 6) is 0.490. The number of benzene rings is 3. The minimum atomic E-state index is -0.318. The largest absolute Gasteiger partial charge is 0.353 e. The molecule has 0 radical (unpaired) electrons. The third kappa shape index (κ3) is 4.12. The number of amidine groups is 1. The molecule has 0 bridgehead atoms. The van der Waals surface area contributed by atoms with Gasteiger partial charge in [-0.1, -0.05) is 90.5 Å². The van der Waals surface area contributed by atoms with Crippen molar-refractivity contribution in [3.63, 3.8) is 0 Å². The first kappa shape index (κ1) is 20.9. The molecule has 5 rings (SSSR count). The van der Waals surface area contributed by atoms with Crippen LogP contribution in [-0.2, 0) is 4.79 Å². The zero-order valence-electron chi connectivity index (χ0n) is 18.5. The molecule has 1 saturated heterocycles. The van der Waals surface area contributed by atoms with Gasteiger partial charge in [0.15, 0.2) is 0 Å². The van der Waals surface area contributed by atoms with E-state index in [1.165, 1.54) is 5.56 Å². The molecule has 3 aromatic rings. The molecule has 2 aliphatic rings. The Labute approximate surface area is 193 Å². The molecule has 33 heavy (non-hydrogen) atoms. The number of carbonyl (C=O) groups is 2. The van der Waals surface area contributed by atoms with Crippen LogP contribution in [0.15, 0.2) is 89.9 Å². The Morgan fingerprint density at radius 1 is 0.909 bits per heavy atom. The smallest absolute Gasteiger partial charge is 0.326 e. The Kier molecular flexibility index (Phi) is 5.65. The summed E-state index contributed by atoms with van der Waals surface area (Å²) in [6, 6.07) is 27.4. The highest BCUT2D eigenvalue weighted by molar-refractivity contribution is 6.09. The summed E-state index contributed by atoms with van der Waals surface area (Å²) in [5, 5.41) is 2.80. The molecule has 6 heteroatoms. The quantitative estimate of drug-likeness (QED) is 0.669. The molecule has 2 atom stereocenters. The minimum Gasteiger partial charge on any atom is -0.353 e. The number of nitrogens with one attached hydrogen (secondary N) is 1. The van der Waals surface area contributed by atoms with Crippen molar-refractivity contribution >= 4 is 17.8 Å². The van der Waals surface area contributed by atoms with Crippen LogP contribution in [0.5, 0.6) is 0 Å². The van der Waals surface area contributed by atoms with Crippen LogP contribution in [0.3, 0.4) is 0 Å². The second kappa shape index (κ2) is 8.90. The number of aryl methyl sites for hydroxylation is 1. The molecule has 1 fully saturated rings. The maximum atomic E-state index is 13.9. The molecule has 6 nitrogen and oxygen atoms in total. The number of hydrogen-bond acceptors (Lipinski definition) is 3. The maximum absolute atomic E-state index is 13.9. The fourth-order valence-corrected chi connectivity index (χ4v) is 4.50. The van der Waals surface area contributed by atoms with E-state index in [1.807, 2.05) is 60.7 Å². The van der Waals surface area contributed by atoms with Crippen molar-refractivity contribution in [2.75, 3.05) is 19.6 Å². The van der Waals surface area contributed by atoms with Crippen LogP contribution >= 0.6 is 0 Å². The Balaban J connectivity index is 1.64. The summed E-state index contributed by atoms with van der Waals surface area (Å²) < 4.78 is 0. The van der Waals surface area contributed by atoms with Gasteiger partial charge < -0.3 is 10.2 Å². The van der Waals surface area contributed by atoms with E-state index < -0.39 is 0 Å². The zero-order valence-corrected chi connectivity index (χ0v) is 18.5. The van der Waals surface area contributed by atoms with E-state index in [0.717, 1.165) is 16.7 Å². The zero-order chi connectivity index (χ0) is 22.8. The lowest BCUT2D eigenvalue weighted by molar-refractivity contribution is -0.123. The van der Waals surface area contributed by atoms with Crippen LogP contribution in [0.1, 0.15) is 34.3 Å². The van der Waals surface area contributed by atoms with Gasteiger partial charge in [-0.15, -0.1) is 0 Å². The highest BCUT2D eigenvalue weighted by Crippen LogP contribution is 2.44. The first-order valence-electron chi connectivity index (χ1n) is 11.2. The van der Waals surface area contributed by atoms with Crippen molar-refractivity contribution in [1.82, 2.24) is 15.1 Å². The highest BCUT2D eigenvalue weighted by atomic mass is 16.2. The van der Waals surface area contributed by atoms with Crippen molar-refractivity contribution in [2.24, 2.45) is 4.99 Å². The molecule has 2 aliphatic heterocycles. The molecule has 166 valence electrons. The Bertz CT molecular complexity index is 1180. The average molecular weight is 439 g/mol. The predicted molar refractivity (Wildman–Crippen MR) is 128 cm³/mol. The Morgan fingerprint density at radius 2 is 1.58 bits per heavy atom. The van der Waals surface area contributed by atoms with Gasteiger partial charge in [0.05, 0.1) is 6.04 Å². The van der Waals surface area contributed by atoms with Gasteiger partial charge >= 0.3 is 6.03 Å². The lowest BCUT2D eigenvalue weighted by Crippen LogP contribution is -2.55. The summed E-state index contributed by atoms with van der Waals surface area (Å²) in [7, 11) is 0. The van der Waals surface area contributed by atoms with Gasteiger partial charge in [0.25, 0.3) is 0 Å². The number of carbonyl (C=O) groups excluding carboxylic acids is 2. The topological polar surface area (TPSA) is 65.0 Å². The minimum absolute atomic E-state index is 0.0497. The lowest BCUT2D eigenvalue weighted by Gasteiger charge is -2.35. The maximum Gasteiger partial charge on any atom is 0.326 e. The van der Waals surface area contributed by atoms with E-state index in [9.17, 15) is 9.59 Å². The predicted octanol–water partition coefficient (Wildman–Crippen LogP) is 4.09. The van der Waals surface area contributed by atoms with Gasteiger partial charge in [-0.3, -0.25) is 14.7 Å².